The maximum absolute atomic E-state index is 14.0. The Bertz CT molecular complexity index is 917. The van der Waals surface area contributed by atoms with Gasteiger partial charge in [-0.05, 0) is 81.0 Å². The number of hydrogen-bond acceptors (Lipinski definition) is 7. The number of fused-ring (bicyclic) bond motifs is 5. The van der Waals surface area contributed by atoms with E-state index in [4.69, 9.17) is 9.47 Å². The lowest BCUT2D eigenvalue weighted by Crippen LogP contribution is -2.64. The number of rotatable bonds is 4. The first-order valence-corrected chi connectivity index (χ1v) is 14.1. The lowest BCUT2D eigenvalue weighted by atomic mass is 9.43. The second-order valence-corrected chi connectivity index (χ2v) is 13.7. The molecule has 202 valence electrons. The number of aliphatic hydroxyl groups excluding tert-OH is 1. The molecule has 0 radical (unpaired) electrons. The highest BCUT2D eigenvalue weighted by Gasteiger charge is 2.65. The normalized spacial score (nSPS) is 46.4. The van der Waals surface area contributed by atoms with Crippen LogP contribution in [-0.4, -0.2) is 71.6 Å². The van der Waals surface area contributed by atoms with E-state index in [2.05, 4.69) is 32.6 Å². The third kappa shape index (κ3) is 4.27. The summed E-state index contributed by atoms with van der Waals surface area (Å²) in [4.78, 5) is 40.8. The van der Waals surface area contributed by atoms with Crippen molar-refractivity contribution in [3.63, 3.8) is 0 Å². The van der Waals surface area contributed by atoms with Crippen LogP contribution in [0.15, 0.2) is 0 Å². The molecule has 9 atom stereocenters. The lowest BCUT2D eigenvalue weighted by molar-refractivity contribution is -0.177. The Hall–Kier alpha value is -1.31. The van der Waals surface area contributed by atoms with E-state index in [1.807, 2.05) is 0 Å². The molecule has 7 nitrogen and oxygen atoms in total. The first kappa shape index (κ1) is 26.3. The average molecular weight is 504 g/mol. The highest BCUT2D eigenvalue weighted by molar-refractivity contribution is 5.89. The molecule has 5 fully saturated rings. The van der Waals surface area contributed by atoms with Gasteiger partial charge in [0.05, 0.1) is 18.3 Å². The molecule has 1 saturated heterocycles. The standard InChI is InChI=1S/C29H45NO6/c1-17(31)35-15-25(34)21-9-8-20-19-7-6-18-12-23(32)22(30-10-11-36-27(2,3)16-30)13-28(18,4)26(19)24(33)14-29(20,21)5/h18-23,26,32H,6-16H2,1-5H3/t18-,19-,20-,21+,22-,23-,26+,28-,29-/m0/s1. The Balaban J connectivity index is 1.38. The van der Waals surface area contributed by atoms with Crippen LogP contribution < -0.4 is 0 Å². The van der Waals surface area contributed by atoms with Gasteiger partial charge in [0.15, 0.2) is 5.78 Å². The van der Waals surface area contributed by atoms with Crippen molar-refractivity contribution >= 4 is 17.5 Å². The third-order valence-corrected chi connectivity index (χ3v) is 11.1. The summed E-state index contributed by atoms with van der Waals surface area (Å²) < 4.78 is 11.0. The van der Waals surface area contributed by atoms with E-state index in [-0.39, 0.29) is 52.8 Å². The van der Waals surface area contributed by atoms with E-state index in [0.717, 1.165) is 51.6 Å². The van der Waals surface area contributed by atoms with Gasteiger partial charge >= 0.3 is 5.97 Å². The fourth-order valence-corrected chi connectivity index (χ4v) is 9.61. The number of carbonyl (C=O) groups is 3. The Morgan fingerprint density at radius 1 is 1.11 bits per heavy atom. The van der Waals surface area contributed by atoms with Crippen molar-refractivity contribution in [2.24, 2.45) is 40.4 Å². The summed E-state index contributed by atoms with van der Waals surface area (Å²) >= 11 is 0. The van der Waals surface area contributed by atoms with Gasteiger partial charge in [-0.1, -0.05) is 13.8 Å². The second kappa shape index (κ2) is 9.16. The molecule has 5 rings (SSSR count). The number of nitrogens with zero attached hydrogens (tertiary/aromatic N) is 1. The Labute approximate surface area is 215 Å². The van der Waals surface area contributed by atoms with Crippen molar-refractivity contribution in [3.05, 3.63) is 0 Å². The fourth-order valence-electron chi connectivity index (χ4n) is 9.61. The van der Waals surface area contributed by atoms with Crippen molar-refractivity contribution in [2.45, 2.75) is 97.3 Å². The number of esters is 1. The Kier molecular flexibility index (Phi) is 6.69. The summed E-state index contributed by atoms with van der Waals surface area (Å²) in [5.74, 6) is 0.627. The van der Waals surface area contributed by atoms with Crippen LogP contribution in [0.25, 0.3) is 0 Å². The average Bonchev–Trinajstić information content (AvgIpc) is 3.13. The molecule has 0 aromatic heterocycles. The minimum Gasteiger partial charge on any atom is -0.458 e. The summed E-state index contributed by atoms with van der Waals surface area (Å²) in [6.45, 7) is 12.1. The number of ketones is 2. The zero-order valence-corrected chi connectivity index (χ0v) is 22.8. The van der Waals surface area contributed by atoms with Gasteiger partial charge in [0.2, 0.25) is 0 Å². The topological polar surface area (TPSA) is 93.1 Å². The summed E-state index contributed by atoms with van der Waals surface area (Å²) in [5, 5.41) is 11.2. The largest absolute Gasteiger partial charge is 0.458 e. The highest BCUT2D eigenvalue weighted by Crippen LogP contribution is 2.66. The van der Waals surface area contributed by atoms with E-state index in [0.29, 0.717) is 36.6 Å². The molecule has 5 aliphatic rings. The second-order valence-electron chi connectivity index (χ2n) is 13.7. The van der Waals surface area contributed by atoms with Crippen molar-refractivity contribution < 1.29 is 29.0 Å². The Morgan fingerprint density at radius 2 is 1.86 bits per heavy atom. The van der Waals surface area contributed by atoms with Crippen LogP contribution >= 0.6 is 0 Å². The predicted octanol–water partition coefficient (Wildman–Crippen LogP) is 3.41. The third-order valence-electron chi connectivity index (χ3n) is 11.1. The molecule has 0 bridgehead atoms. The number of ether oxygens (including phenoxy) is 2. The van der Waals surface area contributed by atoms with Crippen molar-refractivity contribution in [1.29, 1.82) is 0 Å². The molecule has 4 saturated carbocycles. The quantitative estimate of drug-likeness (QED) is 0.588. The van der Waals surface area contributed by atoms with Crippen molar-refractivity contribution in [2.75, 3.05) is 26.3 Å². The molecule has 1 aliphatic heterocycles. The first-order valence-electron chi connectivity index (χ1n) is 14.1. The van der Waals surface area contributed by atoms with Crippen LogP contribution in [0.3, 0.4) is 0 Å². The molecule has 0 aromatic carbocycles. The van der Waals surface area contributed by atoms with E-state index in [9.17, 15) is 19.5 Å². The van der Waals surface area contributed by atoms with Gasteiger partial charge in [0.25, 0.3) is 0 Å². The molecule has 1 N–H and O–H groups in total. The van der Waals surface area contributed by atoms with Crippen LogP contribution in [0, 0.1) is 40.4 Å². The maximum atomic E-state index is 14.0. The van der Waals surface area contributed by atoms with Crippen LogP contribution in [0.2, 0.25) is 0 Å². The van der Waals surface area contributed by atoms with Gasteiger partial charge in [-0.15, -0.1) is 0 Å². The van der Waals surface area contributed by atoms with Crippen molar-refractivity contribution in [1.82, 2.24) is 4.90 Å². The molecule has 7 heteroatoms. The monoisotopic (exact) mass is 503 g/mol. The summed E-state index contributed by atoms with van der Waals surface area (Å²) in [6, 6.07) is 0.0518. The van der Waals surface area contributed by atoms with Crippen molar-refractivity contribution in [3.8, 4) is 0 Å². The van der Waals surface area contributed by atoms with Gasteiger partial charge in [0, 0.05) is 44.3 Å². The fraction of sp³-hybridized carbons (Fsp3) is 0.897. The zero-order valence-electron chi connectivity index (χ0n) is 22.8. The summed E-state index contributed by atoms with van der Waals surface area (Å²) in [5.41, 5.74) is -0.710. The Morgan fingerprint density at radius 3 is 2.56 bits per heavy atom. The SMILES string of the molecule is CC(=O)OCC(=O)[C@H]1CC[C@H]2[C@@H]3CC[C@H]4C[C@H](O)[C@@H](N5CCOC(C)(C)C5)C[C@]4(C)[C@H]3C(=O)C[C@]12C. The number of morpholine rings is 1. The summed E-state index contributed by atoms with van der Waals surface area (Å²) in [6.07, 6.45) is 5.48. The number of aliphatic hydroxyl groups is 1. The maximum Gasteiger partial charge on any atom is 0.303 e. The first-order chi connectivity index (χ1) is 16.9. The number of Topliss-reactive ketones (excluding diaryl/α,β-unsaturated/α-hetero) is 2. The minimum atomic E-state index is -0.438. The molecular weight excluding hydrogens is 458 g/mol. The number of carbonyl (C=O) groups excluding carboxylic acids is 3. The molecule has 0 spiro atoms. The van der Waals surface area contributed by atoms with E-state index >= 15 is 0 Å². The van der Waals surface area contributed by atoms with Gasteiger partial charge in [0.1, 0.15) is 12.4 Å². The molecule has 0 aromatic rings. The van der Waals surface area contributed by atoms with Gasteiger partial charge in [-0.3, -0.25) is 19.3 Å². The van der Waals surface area contributed by atoms with Gasteiger partial charge < -0.3 is 14.6 Å². The van der Waals surface area contributed by atoms with Crippen LogP contribution in [0.1, 0.15) is 79.6 Å². The zero-order chi connectivity index (χ0) is 26.0. The number of hydrogen-bond donors (Lipinski definition) is 1. The van der Waals surface area contributed by atoms with E-state index in [1.54, 1.807) is 0 Å². The molecule has 36 heavy (non-hydrogen) atoms. The highest BCUT2D eigenvalue weighted by atomic mass is 16.5. The summed E-state index contributed by atoms with van der Waals surface area (Å²) in [7, 11) is 0. The van der Waals surface area contributed by atoms with Crippen LogP contribution in [-0.2, 0) is 23.9 Å². The van der Waals surface area contributed by atoms with E-state index < -0.39 is 5.97 Å². The van der Waals surface area contributed by atoms with E-state index in [1.165, 1.54) is 6.92 Å². The molecule has 0 amide bonds. The van der Waals surface area contributed by atoms with Crippen LogP contribution in [0.5, 0.6) is 0 Å². The van der Waals surface area contributed by atoms with Gasteiger partial charge in [-0.2, -0.15) is 0 Å². The smallest absolute Gasteiger partial charge is 0.303 e. The predicted molar refractivity (Wildman–Crippen MR) is 134 cm³/mol. The minimum absolute atomic E-state index is 0.000646. The molecule has 4 aliphatic carbocycles. The van der Waals surface area contributed by atoms with Crippen LogP contribution in [0.4, 0.5) is 0 Å². The molecule has 1 heterocycles. The lowest BCUT2D eigenvalue weighted by Gasteiger charge is -2.62. The van der Waals surface area contributed by atoms with Gasteiger partial charge in [-0.25, -0.2) is 0 Å². The molecule has 0 unspecified atom stereocenters. The molecular formula is C29H45NO6.